The summed E-state index contributed by atoms with van der Waals surface area (Å²) in [4.78, 5) is 98.5. The monoisotopic (exact) mass is 1620 g/mol. The van der Waals surface area contributed by atoms with Gasteiger partial charge in [-0.25, -0.2) is 9.13 Å². The van der Waals surface area contributed by atoms with E-state index >= 15 is 0 Å². The zero-order chi connectivity index (χ0) is 79.3. The Bertz CT molecular complexity index is 2210. The van der Waals surface area contributed by atoms with Crippen LogP contribution in [0, 0.1) is 0 Å². The van der Waals surface area contributed by atoms with Crippen molar-refractivity contribution in [2.24, 2.45) is 0 Å². The molecule has 0 aliphatic carbocycles. The maximum atomic E-state index is 13.1. The molecule has 26 heteroatoms. The molecule has 0 spiro atoms. The number of carbonyl (C=O) groups excluding carboxylic acids is 6. The van der Waals surface area contributed by atoms with Gasteiger partial charge in [0, 0.05) is 50.0 Å². The van der Waals surface area contributed by atoms with Crippen molar-refractivity contribution in [3.8, 4) is 0 Å². The smallest absolute Gasteiger partial charge is 0.462 e. The highest BCUT2D eigenvalue weighted by molar-refractivity contribution is 8.76. The van der Waals surface area contributed by atoms with Gasteiger partial charge in [0.05, 0.1) is 51.7 Å². The fourth-order valence-electron chi connectivity index (χ4n) is 12.5. The van der Waals surface area contributed by atoms with Crippen LogP contribution in [0.3, 0.4) is 0 Å². The Balaban J connectivity index is 5.08. The molecule has 6 N–H and O–H groups in total. The molecule has 22 nitrogen and oxygen atoms in total. The lowest BCUT2D eigenvalue weighted by Gasteiger charge is -2.21. The fourth-order valence-corrected chi connectivity index (χ4v) is 16.0. The van der Waals surface area contributed by atoms with Gasteiger partial charge in [0.1, 0.15) is 13.2 Å². The first-order valence-electron chi connectivity index (χ1n) is 43.4. The first-order valence-corrected chi connectivity index (χ1v) is 48.9. The van der Waals surface area contributed by atoms with Gasteiger partial charge in [0.15, 0.2) is 12.2 Å². The van der Waals surface area contributed by atoms with Crippen molar-refractivity contribution < 1.29 is 94.9 Å². The zero-order valence-corrected chi connectivity index (χ0v) is 71.8. The van der Waals surface area contributed by atoms with E-state index in [0.29, 0.717) is 25.7 Å². The lowest BCUT2D eigenvalue weighted by atomic mass is 10.0. The third-order valence-corrected chi connectivity index (χ3v) is 23.5. The Labute approximate surface area is 663 Å². The number of rotatable bonds is 85. The van der Waals surface area contributed by atoms with Crippen LogP contribution < -0.4 is 10.6 Å². The van der Waals surface area contributed by atoms with E-state index in [1.807, 2.05) is 0 Å². The van der Waals surface area contributed by atoms with Crippen LogP contribution in [-0.2, 0) is 74.9 Å². The van der Waals surface area contributed by atoms with E-state index in [-0.39, 0.29) is 63.2 Å². The van der Waals surface area contributed by atoms with Gasteiger partial charge in [-0.05, 0) is 25.7 Å². The van der Waals surface area contributed by atoms with Gasteiger partial charge in [0.2, 0.25) is 11.8 Å². The average molecular weight is 1620 g/mol. The number of hydrogen-bond acceptors (Lipinski definition) is 20. The molecule has 0 aliphatic heterocycles. The van der Waals surface area contributed by atoms with E-state index in [1.165, 1.54) is 240 Å². The van der Waals surface area contributed by atoms with Crippen LogP contribution in [0.4, 0.5) is 0 Å². The number of phosphoric acid groups is 2. The first kappa shape index (κ1) is 106. The molecule has 638 valence electrons. The quantitative estimate of drug-likeness (QED) is 0.0108. The van der Waals surface area contributed by atoms with Crippen molar-refractivity contribution in [2.45, 2.75) is 424 Å². The number of aliphatic hydroxyl groups is 2. The van der Waals surface area contributed by atoms with Gasteiger partial charge in [0.25, 0.3) is 0 Å². The number of ether oxygens (including phenoxy) is 4. The van der Waals surface area contributed by atoms with Gasteiger partial charge >= 0.3 is 39.5 Å². The largest absolute Gasteiger partial charge is 0.472 e. The molecule has 0 aromatic heterocycles. The molecule has 108 heavy (non-hydrogen) atoms. The second-order valence-electron chi connectivity index (χ2n) is 29.7. The standard InChI is InChI=1S/C82H158N2O20P2S2/c1-5-9-13-17-21-25-29-31-33-35-39-42-46-50-54-58-80(90)98-70-76(104-82(92)60-56-52-48-44-40-36-34-32-30-26-22-18-14-10-6-2)72-102-106(95,96)100-68-74(66-86)84-78(88)62-64-108-107-63-61-77(87)83-73(65-85)67-99-105(93,94)101-71-75(103-81(91)59-55-51-47-43-38-28-24-20-16-12-8-4)69-97-79(89)57-53-49-45-41-37-27-23-19-15-11-7-3/h73-76,85-86H,5-72H2,1-4H3,(H,83,87)(H,84,88)(H,93,94)(H,95,96)/t73-,74+,75-,76-/m1/s1. The molecule has 0 fully saturated rings. The fraction of sp³-hybridized carbons (Fsp3) is 0.927. The molecule has 6 atom stereocenters. The number of amides is 2. The predicted molar refractivity (Wildman–Crippen MR) is 439 cm³/mol. The summed E-state index contributed by atoms with van der Waals surface area (Å²) in [5.74, 6) is -2.50. The van der Waals surface area contributed by atoms with Gasteiger partial charge in [-0.15, -0.1) is 0 Å². The summed E-state index contributed by atoms with van der Waals surface area (Å²) in [6.07, 6.45) is 58.4. The van der Waals surface area contributed by atoms with Crippen LogP contribution in [0.15, 0.2) is 0 Å². The Kier molecular flexibility index (Phi) is 76.8. The van der Waals surface area contributed by atoms with Crippen molar-refractivity contribution in [3.05, 3.63) is 0 Å². The van der Waals surface area contributed by atoms with Crippen LogP contribution in [0.2, 0.25) is 0 Å². The first-order chi connectivity index (χ1) is 52.4. The van der Waals surface area contributed by atoms with Gasteiger partial charge < -0.3 is 49.6 Å². The number of carbonyl (C=O) groups is 6. The second-order valence-corrected chi connectivity index (χ2v) is 35.3. The molecule has 0 bridgehead atoms. The molecule has 0 saturated heterocycles. The van der Waals surface area contributed by atoms with E-state index in [4.69, 9.17) is 37.0 Å². The van der Waals surface area contributed by atoms with Gasteiger partial charge in [-0.3, -0.25) is 46.9 Å². The maximum absolute atomic E-state index is 13.1. The van der Waals surface area contributed by atoms with E-state index < -0.39 is 115 Å². The summed E-state index contributed by atoms with van der Waals surface area (Å²) in [7, 11) is -7.14. The normalized spacial score (nSPS) is 13.8. The Morgan fingerprint density at radius 2 is 0.491 bits per heavy atom. The minimum Gasteiger partial charge on any atom is -0.462 e. The topological polar surface area (TPSA) is 315 Å². The average Bonchev–Trinajstić information content (AvgIpc) is 0.905. The second kappa shape index (κ2) is 78.5. The molecular weight excluding hydrogens is 1460 g/mol. The summed E-state index contributed by atoms with van der Waals surface area (Å²) < 4.78 is 69.0. The lowest BCUT2D eigenvalue weighted by Crippen LogP contribution is -2.41. The van der Waals surface area contributed by atoms with Crippen LogP contribution in [0.25, 0.3) is 0 Å². The van der Waals surface area contributed by atoms with Crippen LogP contribution in [0.5, 0.6) is 0 Å². The lowest BCUT2D eigenvalue weighted by molar-refractivity contribution is -0.161. The minimum atomic E-state index is -4.86. The molecule has 2 unspecified atom stereocenters. The Hall–Kier alpha value is -2.34. The van der Waals surface area contributed by atoms with Crippen molar-refractivity contribution in [1.29, 1.82) is 0 Å². The number of esters is 4. The highest BCUT2D eigenvalue weighted by atomic mass is 33.1. The summed E-state index contributed by atoms with van der Waals surface area (Å²) in [5.41, 5.74) is 0. The van der Waals surface area contributed by atoms with E-state index in [0.717, 1.165) is 89.9 Å². The molecule has 0 rings (SSSR count). The summed E-state index contributed by atoms with van der Waals surface area (Å²) >= 11 is 0. The Morgan fingerprint density at radius 3 is 0.713 bits per heavy atom. The zero-order valence-electron chi connectivity index (χ0n) is 68.4. The molecule has 0 aliphatic rings. The van der Waals surface area contributed by atoms with E-state index in [9.17, 15) is 57.9 Å². The number of aliphatic hydroxyl groups excluding tert-OH is 2. The van der Waals surface area contributed by atoms with Crippen molar-refractivity contribution in [3.63, 3.8) is 0 Å². The molecule has 0 radical (unpaired) electrons. The molecule has 0 aromatic carbocycles. The van der Waals surface area contributed by atoms with Crippen LogP contribution >= 0.6 is 37.2 Å². The highest BCUT2D eigenvalue weighted by Crippen LogP contribution is 2.44. The molecule has 2 amide bonds. The molecule has 0 heterocycles. The van der Waals surface area contributed by atoms with Gasteiger partial charge in [-0.2, -0.15) is 0 Å². The van der Waals surface area contributed by atoms with Crippen LogP contribution in [0.1, 0.15) is 400 Å². The van der Waals surface area contributed by atoms with Crippen molar-refractivity contribution in [1.82, 2.24) is 10.6 Å². The Morgan fingerprint density at radius 1 is 0.287 bits per heavy atom. The van der Waals surface area contributed by atoms with Crippen LogP contribution in [-0.4, -0.2) is 144 Å². The molecule has 0 aromatic rings. The number of nitrogens with one attached hydrogen (secondary N) is 2. The number of phosphoric ester groups is 2. The SMILES string of the molecule is CCCCCCCCCCCCCCCCCC(=O)OC[C@H](COP(=O)(O)OC[C@H](CO)NC(=O)CCSSCCC(=O)N[C@H](CO)COP(=O)(O)OC[C@@H](COC(=O)CCCCCCCCCCCCC)OC(=O)CCCCCCCCCCCCC)OC(=O)CCCCCCCCCCCCCCCCC. The maximum Gasteiger partial charge on any atom is 0.472 e. The van der Waals surface area contributed by atoms with Crippen molar-refractivity contribution >= 4 is 72.9 Å². The summed E-state index contributed by atoms with van der Waals surface area (Å²) in [5, 5.41) is 25.1. The third kappa shape index (κ3) is 75.0. The minimum absolute atomic E-state index is 0.0291. The predicted octanol–water partition coefficient (Wildman–Crippen LogP) is 21.2. The highest BCUT2D eigenvalue weighted by Gasteiger charge is 2.30. The number of hydrogen-bond donors (Lipinski definition) is 6. The number of unbranched alkanes of at least 4 members (excludes halogenated alkanes) is 48. The van der Waals surface area contributed by atoms with Crippen molar-refractivity contribution in [2.75, 3.05) is 64.4 Å². The van der Waals surface area contributed by atoms with Gasteiger partial charge in [-0.1, -0.05) is 357 Å². The molecule has 0 saturated carbocycles. The molecular formula is C82H158N2O20P2S2. The summed E-state index contributed by atoms with van der Waals surface area (Å²) in [6.45, 7) is 4.37. The summed E-state index contributed by atoms with van der Waals surface area (Å²) in [6, 6.07) is -2.19. The van der Waals surface area contributed by atoms with E-state index in [2.05, 4.69) is 38.3 Å². The van der Waals surface area contributed by atoms with E-state index in [1.54, 1.807) is 0 Å². The third-order valence-electron chi connectivity index (χ3n) is 19.2.